The van der Waals surface area contributed by atoms with Gasteiger partial charge in [-0.1, -0.05) is 55.8 Å². The molecule has 8 nitrogen and oxygen atoms in total. The van der Waals surface area contributed by atoms with Gasteiger partial charge in [-0.2, -0.15) is 13.2 Å². The largest absolute Gasteiger partial charge is 0.491 e. The minimum Gasteiger partial charge on any atom is -0.383 e. The Morgan fingerprint density at radius 1 is 1.00 bits per heavy atom. The van der Waals surface area contributed by atoms with E-state index in [1.54, 1.807) is 56.6 Å². The molecule has 220 valence electrons. The number of likely N-dealkylation sites (N-methyl/N-ethyl adjacent to an activating group) is 1. The maximum Gasteiger partial charge on any atom is 0.491 e. The van der Waals surface area contributed by atoms with E-state index in [0.717, 1.165) is 35.4 Å². The molecule has 0 atom stereocenters. The molecule has 3 aromatic carbocycles. The number of carbonyl (C=O) groups is 3. The highest BCUT2D eigenvalue weighted by molar-refractivity contribution is 6.03. The first-order valence-corrected chi connectivity index (χ1v) is 13.4. The molecule has 0 fully saturated rings. The summed E-state index contributed by atoms with van der Waals surface area (Å²) in [4.78, 5) is 42.7. The molecule has 0 radical (unpaired) electrons. The zero-order valence-corrected chi connectivity index (χ0v) is 23.5. The van der Waals surface area contributed by atoms with Crippen molar-refractivity contribution < 1.29 is 32.3 Å². The van der Waals surface area contributed by atoms with Crippen LogP contribution < -0.4 is 5.32 Å². The number of fused-ring (bicyclic) bond motifs is 1. The van der Waals surface area contributed by atoms with E-state index in [1.165, 1.54) is 11.0 Å². The van der Waals surface area contributed by atoms with Crippen molar-refractivity contribution in [3.8, 4) is 11.1 Å². The van der Waals surface area contributed by atoms with Crippen molar-refractivity contribution in [2.75, 3.05) is 26.0 Å². The van der Waals surface area contributed by atoms with Crippen LogP contribution in [0.15, 0.2) is 66.7 Å². The van der Waals surface area contributed by atoms with Crippen LogP contribution in [0.5, 0.6) is 0 Å². The zero-order chi connectivity index (χ0) is 30.4. The highest BCUT2D eigenvalue weighted by atomic mass is 19.4. The molecule has 1 heterocycles. The fraction of sp³-hybridized carbons (Fsp3) is 0.290. The van der Waals surface area contributed by atoms with Crippen molar-refractivity contribution in [2.24, 2.45) is 0 Å². The van der Waals surface area contributed by atoms with Crippen LogP contribution in [0.2, 0.25) is 0 Å². The van der Waals surface area contributed by atoms with E-state index >= 15 is 0 Å². The molecule has 0 aliphatic heterocycles. The molecule has 1 aromatic heterocycles. The van der Waals surface area contributed by atoms with Crippen LogP contribution in [-0.4, -0.2) is 59.1 Å². The Hall–Kier alpha value is -4.67. The lowest BCUT2D eigenvalue weighted by atomic mass is 9.97. The average molecular weight is 581 g/mol. The van der Waals surface area contributed by atoms with E-state index < -0.39 is 18.1 Å². The second kappa shape index (κ2) is 12.9. The number of aromatic nitrogens is 2. The highest BCUT2D eigenvalue weighted by Crippen LogP contribution is 2.29. The van der Waals surface area contributed by atoms with E-state index in [1.807, 2.05) is 22.8 Å². The number of nitrogens with one attached hydrogen (secondary N) is 1. The predicted octanol–water partition coefficient (Wildman–Crippen LogP) is 5.84. The van der Waals surface area contributed by atoms with E-state index in [-0.39, 0.29) is 24.6 Å². The van der Waals surface area contributed by atoms with Crippen LogP contribution in [-0.2, 0) is 27.3 Å². The molecular formula is C31H31F3N4O4. The lowest BCUT2D eigenvalue weighted by molar-refractivity contribution is -0.193. The molecule has 0 saturated heterocycles. The third kappa shape index (κ3) is 7.15. The molecule has 4 rings (SSSR count). The highest BCUT2D eigenvalue weighted by Gasteiger charge is 2.42. The van der Waals surface area contributed by atoms with Gasteiger partial charge in [-0.25, -0.2) is 14.6 Å². The van der Waals surface area contributed by atoms with Gasteiger partial charge in [0.2, 0.25) is 5.91 Å². The van der Waals surface area contributed by atoms with Crippen LogP contribution in [0.3, 0.4) is 0 Å². The van der Waals surface area contributed by atoms with Gasteiger partial charge in [0.05, 0.1) is 23.1 Å². The SMILES string of the molecule is CCCCc1nc2ccc(NCC(=O)N(C)C)cc2n1Cc1ccc(-c2ccccc2)c(C(=O)OC(=O)C(F)(F)F)c1. The fourth-order valence-electron chi connectivity index (χ4n) is 4.43. The quantitative estimate of drug-likeness (QED) is 0.187. The number of esters is 2. The Balaban J connectivity index is 1.74. The maximum atomic E-state index is 12.9. The van der Waals surface area contributed by atoms with Gasteiger partial charge in [-0.15, -0.1) is 0 Å². The number of carbonyl (C=O) groups excluding carboxylic acids is 3. The van der Waals surface area contributed by atoms with Gasteiger partial charge in [-0.05, 0) is 47.4 Å². The summed E-state index contributed by atoms with van der Waals surface area (Å²) in [7, 11) is 3.35. The Kier molecular flexibility index (Phi) is 9.29. The van der Waals surface area contributed by atoms with Gasteiger partial charge < -0.3 is 19.5 Å². The van der Waals surface area contributed by atoms with Gasteiger partial charge in [-0.3, -0.25) is 4.79 Å². The van der Waals surface area contributed by atoms with Crippen LogP contribution in [0.25, 0.3) is 22.2 Å². The molecule has 1 amide bonds. The molecule has 0 saturated carbocycles. The van der Waals surface area contributed by atoms with Gasteiger partial charge >= 0.3 is 18.1 Å². The number of unbranched alkanes of at least 4 members (excludes halogenated alkanes) is 1. The summed E-state index contributed by atoms with van der Waals surface area (Å²) in [6, 6.07) is 19.1. The van der Waals surface area contributed by atoms with Crippen LogP contribution in [0.1, 0.15) is 41.5 Å². The van der Waals surface area contributed by atoms with Crippen LogP contribution >= 0.6 is 0 Å². The number of hydrogen-bond acceptors (Lipinski definition) is 6. The Morgan fingerprint density at radius 3 is 2.40 bits per heavy atom. The van der Waals surface area contributed by atoms with Gasteiger partial charge in [0.25, 0.3) is 0 Å². The average Bonchev–Trinajstić information content (AvgIpc) is 3.30. The Labute approximate surface area is 241 Å². The number of benzene rings is 3. The smallest absolute Gasteiger partial charge is 0.383 e. The third-order valence-corrected chi connectivity index (χ3v) is 6.67. The molecule has 0 spiro atoms. The molecule has 0 bridgehead atoms. The number of rotatable bonds is 10. The number of alkyl halides is 3. The van der Waals surface area contributed by atoms with Crippen molar-refractivity contribution in [2.45, 2.75) is 38.9 Å². The number of aryl methyl sites for hydroxylation is 1. The van der Waals surface area contributed by atoms with E-state index in [4.69, 9.17) is 4.98 Å². The van der Waals surface area contributed by atoms with E-state index in [2.05, 4.69) is 17.0 Å². The number of imidazole rings is 1. The van der Waals surface area contributed by atoms with Gasteiger partial charge in [0, 0.05) is 32.7 Å². The van der Waals surface area contributed by atoms with Gasteiger partial charge in [0.1, 0.15) is 5.82 Å². The molecule has 1 N–H and O–H groups in total. The molecule has 42 heavy (non-hydrogen) atoms. The molecule has 0 aliphatic rings. The van der Waals surface area contributed by atoms with Crippen LogP contribution in [0.4, 0.5) is 18.9 Å². The number of halogens is 3. The normalized spacial score (nSPS) is 11.4. The summed E-state index contributed by atoms with van der Waals surface area (Å²) < 4.78 is 44.8. The van der Waals surface area contributed by atoms with E-state index in [0.29, 0.717) is 23.1 Å². The number of anilines is 1. The van der Waals surface area contributed by atoms with Gasteiger partial charge in [0.15, 0.2) is 0 Å². The first kappa shape index (κ1) is 30.3. The summed E-state index contributed by atoms with van der Waals surface area (Å²) in [5.74, 6) is -3.25. The number of ether oxygens (including phenoxy) is 1. The van der Waals surface area contributed by atoms with Crippen molar-refractivity contribution >= 4 is 34.6 Å². The number of amides is 1. The minimum absolute atomic E-state index is 0.0887. The van der Waals surface area contributed by atoms with Crippen LogP contribution in [0, 0.1) is 0 Å². The Morgan fingerprint density at radius 2 is 1.74 bits per heavy atom. The van der Waals surface area contributed by atoms with E-state index in [9.17, 15) is 27.6 Å². The molecule has 11 heteroatoms. The summed E-state index contributed by atoms with van der Waals surface area (Å²) in [6.07, 6.45) is -2.80. The number of hydrogen-bond donors (Lipinski definition) is 1. The second-order valence-electron chi connectivity index (χ2n) is 9.98. The second-order valence-corrected chi connectivity index (χ2v) is 9.98. The number of nitrogens with zero attached hydrogens (tertiary/aromatic N) is 3. The Bertz CT molecular complexity index is 1600. The molecule has 0 unspecified atom stereocenters. The predicted molar refractivity (Wildman–Crippen MR) is 153 cm³/mol. The molecule has 4 aromatic rings. The van der Waals surface area contributed by atoms with Crippen molar-refractivity contribution in [1.82, 2.24) is 14.5 Å². The first-order chi connectivity index (χ1) is 20.0. The maximum absolute atomic E-state index is 12.9. The summed E-state index contributed by atoms with van der Waals surface area (Å²) in [6.45, 7) is 2.43. The summed E-state index contributed by atoms with van der Waals surface area (Å²) >= 11 is 0. The third-order valence-electron chi connectivity index (χ3n) is 6.67. The lowest BCUT2D eigenvalue weighted by Gasteiger charge is -2.15. The van der Waals surface area contributed by atoms with Crippen molar-refractivity contribution in [1.29, 1.82) is 0 Å². The lowest BCUT2D eigenvalue weighted by Crippen LogP contribution is -2.28. The summed E-state index contributed by atoms with van der Waals surface area (Å²) in [5.41, 5.74) is 3.58. The fourth-order valence-corrected chi connectivity index (χ4v) is 4.43. The molecular weight excluding hydrogens is 549 g/mol. The topological polar surface area (TPSA) is 93.5 Å². The van der Waals surface area contributed by atoms with Crippen molar-refractivity contribution in [3.05, 3.63) is 83.7 Å². The summed E-state index contributed by atoms with van der Waals surface area (Å²) in [5, 5.41) is 3.12. The standard InChI is InChI=1S/C31H31F3N4O4/c1-4-5-11-27-36-25-15-13-22(35-18-28(39)37(2)3)17-26(25)38(27)19-20-12-14-23(21-9-7-6-8-10-21)24(16-20)29(40)42-30(41)31(32,33)34/h6-10,12-17,35H,4-5,11,18-19H2,1-3H3. The zero-order valence-electron chi connectivity index (χ0n) is 23.5. The monoisotopic (exact) mass is 580 g/mol. The van der Waals surface area contributed by atoms with Crippen molar-refractivity contribution in [3.63, 3.8) is 0 Å². The molecule has 0 aliphatic carbocycles. The first-order valence-electron chi connectivity index (χ1n) is 13.4. The minimum atomic E-state index is -5.31.